The van der Waals surface area contributed by atoms with Gasteiger partial charge in [0.15, 0.2) is 0 Å². The fourth-order valence-corrected chi connectivity index (χ4v) is 7.79. The molecule has 1 aliphatic carbocycles. The van der Waals surface area contributed by atoms with Crippen LogP contribution in [0.15, 0.2) is 229 Å². The quantitative estimate of drug-likeness (QED) is 0.118. The molecule has 0 bridgehead atoms. The monoisotopic (exact) mass is 778 g/mol. The number of allylic oxidation sites excluding steroid dienone is 5. The van der Waals surface area contributed by atoms with Crippen molar-refractivity contribution in [3.8, 4) is 22.5 Å². The molecule has 0 saturated carbocycles. The molecule has 0 radical (unpaired) electrons. The van der Waals surface area contributed by atoms with Crippen LogP contribution < -0.4 is 9.80 Å². The average molecular weight is 779 g/mol. The molecule has 0 spiro atoms. The van der Waals surface area contributed by atoms with Crippen molar-refractivity contribution in [3.05, 3.63) is 241 Å². The lowest BCUT2D eigenvalue weighted by Crippen LogP contribution is -2.10. The van der Waals surface area contributed by atoms with E-state index >= 15 is 0 Å². The van der Waals surface area contributed by atoms with Crippen molar-refractivity contribution in [1.29, 1.82) is 0 Å². The Morgan fingerprint density at radius 3 is 1.42 bits per heavy atom. The molecule has 0 fully saturated rings. The molecule has 4 nitrogen and oxygen atoms in total. The van der Waals surface area contributed by atoms with Crippen molar-refractivity contribution < 1.29 is 9.52 Å². The van der Waals surface area contributed by atoms with E-state index in [-0.39, 0.29) is 0 Å². The molecule has 9 rings (SSSR count). The highest BCUT2D eigenvalue weighted by molar-refractivity contribution is 5.82. The first kappa shape index (κ1) is 38.0. The predicted octanol–water partition coefficient (Wildman–Crippen LogP) is 15.8. The molecule has 0 aliphatic heterocycles. The van der Waals surface area contributed by atoms with Crippen molar-refractivity contribution in [3.63, 3.8) is 0 Å². The zero-order valence-electron chi connectivity index (χ0n) is 33.4. The van der Waals surface area contributed by atoms with Crippen LogP contribution in [0.3, 0.4) is 0 Å². The molecule has 0 atom stereocenters. The Bertz CT molecular complexity index is 2710. The first-order valence-electron chi connectivity index (χ1n) is 20.7. The molecular formula is C56H46N2O2. The van der Waals surface area contributed by atoms with E-state index in [9.17, 15) is 5.11 Å². The first-order valence-corrected chi connectivity index (χ1v) is 20.7. The SMILES string of the molecule is O/C(=C\CCc1ccccc1)c1ccc(N(c2ccccc2)c2ccc(-c3ccc(N(c4ccccc4)c4ccc(-c5ccc(C6=CCCC=C6)o5)cc4)cc3)cc2)cc1. The Kier molecular flexibility index (Phi) is 11.3. The number of hydrogen-bond acceptors (Lipinski definition) is 4. The molecule has 7 aromatic carbocycles. The van der Waals surface area contributed by atoms with Gasteiger partial charge in [0.2, 0.25) is 0 Å². The van der Waals surface area contributed by atoms with Crippen LogP contribution in [-0.2, 0) is 6.42 Å². The van der Waals surface area contributed by atoms with Crippen LogP contribution in [0, 0.1) is 0 Å². The van der Waals surface area contributed by atoms with Gasteiger partial charge in [0.25, 0.3) is 0 Å². The highest BCUT2D eigenvalue weighted by Gasteiger charge is 2.16. The van der Waals surface area contributed by atoms with Crippen LogP contribution in [0.25, 0.3) is 33.8 Å². The highest BCUT2D eigenvalue weighted by atomic mass is 16.3. The van der Waals surface area contributed by atoms with Crippen molar-refractivity contribution in [2.75, 3.05) is 9.80 Å². The molecule has 0 saturated heterocycles. The number of para-hydroxylation sites is 2. The van der Waals surface area contributed by atoms with Gasteiger partial charge in [-0.25, -0.2) is 0 Å². The van der Waals surface area contributed by atoms with E-state index in [1.807, 2.05) is 48.5 Å². The number of aryl methyl sites for hydroxylation is 1. The fourth-order valence-electron chi connectivity index (χ4n) is 7.79. The van der Waals surface area contributed by atoms with Crippen LogP contribution in [0.1, 0.15) is 36.1 Å². The predicted molar refractivity (Wildman–Crippen MR) is 251 cm³/mol. The van der Waals surface area contributed by atoms with Gasteiger partial charge in [-0.05, 0) is 158 Å². The molecule has 1 heterocycles. The molecule has 0 amide bonds. The lowest BCUT2D eigenvalue weighted by molar-refractivity contribution is 0.509. The van der Waals surface area contributed by atoms with E-state index in [2.05, 4.69) is 186 Å². The van der Waals surface area contributed by atoms with E-state index in [1.165, 1.54) is 5.56 Å². The third kappa shape index (κ3) is 8.64. The minimum Gasteiger partial charge on any atom is -0.508 e. The summed E-state index contributed by atoms with van der Waals surface area (Å²) in [5, 5.41) is 10.9. The van der Waals surface area contributed by atoms with Gasteiger partial charge >= 0.3 is 0 Å². The molecule has 1 aliphatic rings. The van der Waals surface area contributed by atoms with Crippen LogP contribution in [-0.4, -0.2) is 5.11 Å². The van der Waals surface area contributed by atoms with E-state index < -0.39 is 0 Å². The van der Waals surface area contributed by atoms with Crippen LogP contribution in [0.4, 0.5) is 34.1 Å². The van der Waals surface area contributed by atoms with Gasteiger partial charge in [0.05, 0.1) is 0 Å². The standard InChI is InChI=1S/C56H46N2O2/c59-54(23-13-16-42-14-5-1-6-15-42)45-28-36-52(37-29-45)57(48-19-9-3-10-20-48)50-32-24-43(25-33-50)44-26-34-51(35-27-44)58(49-21-11-4-12-22-49)53-38-30-47(31-39-53)56-41-40-55(60-56)46-17-7-2-8-18-46/h1,3-7,9-12,14-15,17-41,59H,2,8,13,16H2/b54-23-. The van der Waals surface area contributed by atoms with Gasteiger partial charge in [-0.3, -0.25) is 0 Å². The van der Waals surface area contributed by atoms with Gasteiger partial charge in [-0.2, -0.15) is 0 Å². The van der Waals surface area contributed by atoms with Gasteiger partial charge in [-0.15, -0.1) is 0 Å². The summed E-state index contributed by atoms with van der Waals surface area (Å²) < 4.78 is 6.29. The number of aliphatic hydroxyl groups excluding tert-OH is 1. The van der Waals surface area contributed by atoms with Gasteiger partial charge < -0.3 is 19.3 Å². The zero-order chi connectivity index (χ0) is 40.5. The molecule has 1 aromatic heterocycles. The van der Waals surface area contributed by atoms with Gasteiger partial charge in [0.1, 0.15) is 17.3 Å². The number of rotatable bonds is 13. The normalized spacial score (nSPS) is 12.5. The topological polar surface area (TPSA) is 39.9 Å². The summed E-state index contributed by atoms with van der Waals surface area (Å²) in [6.45, 7) is 0. The number of anilines is 6. The lowest BCUT2D eigenvalue weighted by atomic mass is 10.0. The molecule has 0 unspecified atom stereocenters. The summed E-state index contributed by atoms with van der Waals surface area (Å²) in [7, 11) is 0. The van der Waals surface area contributed by atoms with E-state index in [4.69, 9.17) is 4.42 Å². The molecule has 8 aromatic rings. The number of nitrogens with zero attached hydrogens (tertiary/aromatic N) is 2. The molecule has 1 N–H and O–H groups in total. The van der Waals surface area contributed by atoms with Crippen molar-refractivity contribution in [1.82, 2.24) is 0 Å². The van der Waals surface area contributed by atoms with Crippen molar-refractivity contribution in [2.24, 2.45) is 0 Å². The fraction of sp³-hybridized carbons (Fsp3) is 0.0714. The number of benzene rings is 7. The minimum atomic E-state index is 0.299. The smallest absolute Gasteiger partial charge is 0.134 e. The van der Waals surface area contributed by atoms with Crippen LogP contribution >= 0.6 is 0 Å². The molecule has 292 valence electrons. The number of hydrogen-bond donors (Lipinski definition) is 1. The third-order valence-corrected chi connectivity index (χ3v) is 10.9. The Morgan fingerprint density at radius 1 is 0.467 bits per heavy atom. The summed E-state index contributed by atoms with van der Waals surface area (Å²) in [4.78, 5) is 4.53. The Morgan fingerprint density at radius 2 is 0.917 bits per heavy atom. The van der Waals surface area contributed by atoms with Crippen LogP contribution in [0.5, 0.6) is 0 Å². The molecule has 60 heavy (non-hydrogen) atoms. The van der Waals surface area contributed by atoms with E-state index in [0.29, 0.717) is 5.76 Å². The maximum Gasteiger partial charge on any atom is 0.134 e. The maximum atomic E-state index is 10.9. The zero-order valence-corrected chi connectivity index (χ0v) is 33.4. The largest absolute Gasteiger partial charge is 0.508 e. The van der Waals surface area contributed by atoms with Gasteiger partial charge in [-0.1, -0.05) is 109 Å². The van der Waals surface area contributed by atoms with Crippen molar-refractivity contribution >= 4 is 45.5 Å². The summed E-state index contributed by atoms with van der Waals surface area (Å²) in [5.74, 6) is 2.07. The number of aliphatic hydroxyl groups is 1. The maximum absolute atomic E-state index is 10.9. The van der Waals surface area contributed by atoms with E-state index in [0.717, 1.165) is 99.2 Å². The van der Waals surface area contributed by atoms with Crippen molar-refractivity contribution in [2.45, 2.75) is 25.7 Å². The van der Waals surface area contributed by atoms with E-state index in [1.54, 1.807) is 0 Å². The Balaban J connectivity index is 0.936. The Labute approximate surface area is 353 Å². The number of furan rings is 1. The average Bonchev–Trinajstić information content (AvgIpc) is 3.82. The second-order valence-electron chi connectivity index (χ2n) is 14.9. The lowest BCUT2D eigenvalue weighted by Gasteiger charge is -2.26. The second-order valence-corrected chi connectivity index (χ2v) is 14.9. The van der Waals surface area contributed by atoms with Gasteiger partial charge in [0, 0.05) is 50.8 Å². The highest BCUT2D eigenvalue weighted by Crippen LogP contribution is 2.39. The third-order valence-electron chi connectivity index (χ3n) is 10.9. The second kappa shape index (κ2) is 17.9. The summed E-state index contributed by atoms with van der Waals surface area (Å²) >= 11 is 0. The molecular weight excluding hydrogens is 733 g/mol. The molecule has 4 heteroatoms. The Hall–Kier alpha value is -7.56. The summed E-state index contributed by atoms with van der Waals surface area (Å²) in [5.41, 5.74) is 12.9. The minimum absolute atomic E-state index is 0.299. The summed E-state index contributed by atoms with van der Waals surface area (Å²) in [6, 6.07) is 69.6. The van der Waals surface area contributed by atoms with Crippen LogP contribution in [0.2, 0.25) is 0 Å². The first-order chi connectivity index (χ1) is 29.7. The summed E-state index contributed by atoms with van der Waals surface area (Å²) in [6.07, 6.45) is 12.3.